The number of aromatic amines is 2. The molecular formula is C48H50N8O7. The van der Waals surface area contributed by atoms with Crippen molar-refractivity contribution in [1.82, 2.24) is 40.4 Å². The van der Waals surface area contributed by atoms with E-state index in [0.29, 0.717) is 36.4 Å². The number of alkyl carbamates (subject to hydrolysis) is 2. The Hall–Kier alpha value is -6.90. The number of imidazole rings is 2. The zero-order chi connectivity index (χ0) is 43.7. The van der Waals surface area contributed by atoms with Crippen molar-refractivity contribution < 1.29 is 33.4 Å². The van der Waals surface area contributed by atoms with Gasteiger partial charge in [-0.05, 0) is 88.9 Å². The van der Waals surface area contributed by atoms with Crippen molar-refractivity contribution in [3.63, 3.8) is 0 Å². The van der Waals surface area contributed by atoms with E-state index in [1.165, 1.54) is 14.2 Å². The summed E-state index contributed by atoms with van der Waals surface area (Å²) in [4.78, 5) is 73.4. The van der Waals surface area contributed by atoms with Crippen LogP contribution in [0.1, 0.15) is 80.9 Å². The number of rotatable bonds is 9. The molecule has 6 aromatic rings. The fourth-order valence-electron chi connectivity index (χ4n) is 10.2. The molecule has 4 aliphatic rings. The molecule has 0 bridgehead atoms. The smallest absolute Gasteiger partial charge is 0.407 e. The normalized spacial score (nSPS) is 21.9. The number of fused-ring (bicyclic) bond motifs is 7. The van der Waals surface area contributed by atoms with E-state index in [9.17, 15) is 19.2 Å². The number of aromatic nitrogens is 4. The summed E-state index contributed by atoms with van der Waals surface area (Å²) in [6.45, 7) is 6.95. The van der Waals surface area contributed by atoms with Gasteiger partial charge in [-0.2, -0.15) is 0 Å². The number of hydrogen-bond acceptors (Lipinski definition) is 9. The maximum absolute atomic E-state index is 14.1. The fourth-order valence-corrected chi connectivity index (χ4v) is 10.2. The topological polar surface area (TPSA) is 184 Å². The van der Waals surface area contributed by atoms with Crippen molar-refractivity contribution in [2.24, 2.45) is 17.8 Å². The van der Waals surface area contributed by atoms with Crippen molar-refractivity contribution in [3.05, 3.63) is 102 Å². The van der Waals surface area contributed by atoms with Crippen LogP contribution in [-0.4, -0.2) is 86.6 Å². The van der Waals surface area contributed by atoms with Gasteiger partial charge in [-0.15, -0.1) is 0 Å². The molecular weight excluding hydrogens is 801 g/mol. The van der Waals surface area contributed by atoms with Crippen LogP contribution < -0.4 is 15.4 Å². The van der Waals surface area contributed by atoms with Crippen LogP contribution in [0.15, 0.2) is 79.0 Å². The number of nitrogens with zero attached hydrogens (tertiary/aromatic N) is 4. The number of H-pyrrole nitrogens is 2. The summed E-state index contributed by atoms with van der Waals surface area (Å²) in [5.41, 5.74) is 7.26. The number of amides is 4. The Labute approximate surface area is 363 Å². The predicted molar refractivity (Wildman–Crippen MR) is 234 cm³/mol. The van der Waals surface area contributed by atoms with Crippen molar-refractivity contribution in [3.8, 4) is 28.1 Å². The highest BCUT2D eigenvalue weighted by molar-refractivity contribution is 6.07. The molecule has 2 aromatic heterocycles. The summed E-state index contributed by atoms with van der Waals surface area (Å²) in [5, 5.41) is 7.50. The number of carbonyl (C=O) groups is 4. The van der Waals surface area contributed by atoms with Gasteiger partial charge in [-0.25, -0.2) is 19.6 Å². The molecule has 3 aliphatic heterocycles. The van der Waals surface area contributed by atoms with E-state index in [0.717, 1.165) is 80.6 Å². The van der Waals surface area contributed by atoms with Crippen LogP contribution >= 0.6 is 0 Å². The number of carbonyl (C=O) groups excluding carboxylic acids is 4. The standard InChI is InChI=1S/C48H50N8O7/c1-24(2)39(53-47(59)61-4)46(58)56-37(20-31-25(3)42(31)56)44-50-34-16-14-27-19-33-30-15-13-28(18-29(30)23-63-38(33)21-32(27)41(34)52-44)35-22-49-43(51-35)36-12-9-17-55(36)45(57)40(54-48(60)62-5)26-10-7-6-8-11-26/h6-8,10-11,13-16,18-19,21-22,24-25,31,36-37,39-40,42H,9,12,17,20,23H2,1-5H3,(H,49,51)(H,50,52)(H,53,59)(H,54,60)/t25-,31?,36+,37+,39+,40-,42?/m1/s1. The molecule has 1 aliphatic carbocycles. The molecule has 0 spiro atoms. The van der Waals surface area contributed by atoms with E-state index in [1.54, 1.807) is 11.1 Å². The third kappa shape index (κ3) is 6.99. The lowest BCUT2D eigenvalue weighted by atomic mass is 9.92. The van der Waals surface area contributed by atoms with Gasteiger partial charge in [0.05, 0.1) is 49.2 Å². The van der Waals surface area contributed by atoms with Crippen LogP contribution in [0.3, 0.4) is 0 Å². The van der Waals surface area contributed by atoms with Gasteiger partial charge in [0.25, 0.3) is 5.91 Å². The summed E-state index contributed by atoms with van der Waals surface area (Å²) in [5.74, 6) is 2.51. The highest BCUT2D eigenvalue weighted by atomic mass is 16.5. The Morgan fingerprint density at radius 3 is 2.44 bits per heavy atom. The van der Waals surface area contributed by atoms with Crippen LogP contribution in [0.25, 0.3) is 44.2 Å². The van der Waals surface area contributed by atoms with Crippen molar-refractivity contribution in [1.29, 1.82) is 0 Å². The first-order valence-corrected chi connectivity index (χ1v) is 21.7. The molecule has 4 N–H and O–H groups in total. The number of nitrogens with one attached hydrogen (secondary N) is 4. The molecule has 4 amide bonds. The second-order valence-corrected chi connectivity index (χ2v) is 17.5. The van der Waals surface area contributed by atoms with Crippen LogP contribution in [0.4, 0.5) is 9.59 Å². The largest absolute Gasteiger partial charge is 0.488 e. The quantitative estimate of drug-likeness (QED) is 0.113. The van der Waals surface area contributed by atoms with Gasteiger partial charge < -0.3 is 44.6 Å². The van der Waals surface area contributed by atoms with Crippen LogP contribution in [-0.2, 0) is 25.7 Å². The molecule has 15 heteroatoms. The first-order chi connectivity index (χ1) is 30.5. The van der Waals surface area contributed by atoms with Gasteiger partial charge in [0.1, 0.15) is 36.1 Å². The van der Waals surface area contributed by atoms with Crippen LogP contribution in [0.5, 0.6) is 5.75 Å². The molecule has 15 nitrogen and oxygen atoms in total. The number of hydrogen-bond donors (Lipinski definition) is 4. The third-order valence-electron chi connectivity index (χ3n) is 13.6. The predicted octanol–water partition coefficient (Wildman–Crippen LogP) is 7.71. The van der Waals surface area contributed by atoms with Crippen LogP contribution in [0.2, 0.25) is 0 Å². The average molecular weight is 851 g/mol. The number of methoxy groups -OCH3 is 2. The first-order valence-electron chi connectivity index (χ1n) is 21.7. The lowest BCUT2D eigenvalue weighted by Gasteiger charge is -2.32. The molecule has 4 aromatic carbocycles. The number of ether oxygens (including phenoxy) is 3. The van der Waals surface area contributed by atoms with Gasteiger partial charge in [0.2, 0.25) is 5.91 Å². The zero-order valence-electron chi connectivity index (χ0n) is 35.8. The highest BCUT2D eigenvalue weighted by Crippen LogP contribution is 2.58. The van der Waals surface area contributed by atoms with E-state index in [-0.39, 0.29) is 35.9 Å². The molecule has 7 atom stereocenters. The maximum atomic E-state index is 14.1. The van der Waals surface area contributed by atoms with Gasteiger partial charge in [-0.1, -0.05) is 69.3 Å². The van der Waals surface area contributed by atoms with Crippen LogP contribution in [0, 0.1) is 17.8 Å². The van der Waals surface area contributed by atoms with Gasteiger partial charge in [0.15, 0.2) is 0 Å². The van der Waals surface area contributed by atoms with E-state index in [4.69, 9.17) is 24.2 Å². The molecule has 10 rings (SSSR count). The molecule has 2 saturated heterocycles. The second-order valence-electron chi connectivity index (χ2n) is 17.5. The van der Waals surface area contributed by atoms with Crippen molar-refractivity contribution >= 4 is 45.8 Å². The van der Waals surface area contributed by atoms with Crippen molar-refractivity contribution in [2.45, 2.75) is 76.8 Å². The monoisotopic (exact) mass is 850 g/mol. The summed E-state index contributed by atoms with van der Waals surface area (Å²) < 4.78 is 16.2. The summed E-state index contributed by atoms with van der Waals surface area (Å²) in [6, 6.07) is 21.8. The number of likely N-dealkylation sites (tertiary alicyclic amines) is 2. The lowest BCUT2D eigenvalue weighted by Crippen LogP contribution is -2.52. The molecule has 324 valence electrons. The Morgan fingerprint density at radius 2 is 1.67 bits per heavy atom. The van der Waals surface area contributed by atoms with E-state index in [2.05, 4.69) is 63.9 Å². The molecule has 0 radical (unpaired) electrons. The van der Waals surface area contributed by atoms with E-state index >= 15 is 0 Å². The summed E-state index contributed by atoms with van der Waals surface area (Å²) in [6.07, 6.45) is 2.86. The lowest BCUT2D eigenvalue weighted by molar-refractivity contribution is -0.137. The molecule has 3 fully saturated rings. The minimum Gasteiger partial charge on any atom is -0.488 e. The Kier molecular flexibility index (Phi) is 10.1. The number of piperidine rings is 1. The van der Waals surface area contributed by atoms with Gasteiger partial charge >= 0.3 is 12.2 Å². The summed E-state index contributed by atoms with van der Waals surface area (Å²) >= 11 is 0. The molecule has 2 unspecified atom stereocenters. The fraction of sp³-hybridized carbons (Fsp3) is 0.375. The van der Waals surface area contributed by atoms with E-state index < -0.39 is 24.3 Å². The SMILES string of the molecule is COC(=O)N[C@H](C(=O)N1C2C(C[C@H]1c1nc3ccc4cc5c(cc4c3[nH]1)OCc1cc(-c3cnc([C@@H]4CCCN4C(=O)[C@H](NC(=O)OC)c4ccccc4)[nH]3)ccc1-5)[C@H]2C)C(C)C. The molecule has 5 heterocycles. The zero-order valence-corrected chi connectivity index (χ0v) is 35.8. The molecule has 63 heavy (non-hydrogen) atoms. The van der Waals surface area contributed by atoms with Gasteiger partial charge in [0, 0.05) is 23.5 Å². The van der Waals surface area contributed by atoms with E-state index in [1.807, 2.05) is 55.1 Å². The Balaban J connectivity index is 0.900. The highest BCUT2D eigenvalue weighted by Gasteiger charge is 2.61. The summed E-state index contributed by atoms with van der Waals surface area (Å²) in [7, 11) is 2.59. The first kappa shape index (κ1) is 40.2. The van der Waals surface area contributed by atoms with Crippen molar-refractivity contribution in [2.75, 3.05) is 20.8 Å². The third-order valence-corrected chi connectivity index (χ3v) is 13.6. The Morgan fingerprint density at radius 1 is 0.873 bits per heavy atom. The second kappa shape index (κ2) is 15.8. The van der Waals surface area contributed by atoms with Gasteiger partial charge in [-0.3, -0.25) is 9.59 Å². The minimum atomic E-state index is -0.895. The maximum Gasteiger partial charge on any atom is 0.407 e. The average Bonchev–Trinajstić information content (AvgIpc) is 3.96. The Bertz CT molecular complexity index is 2780. The molecule has 1 saturated carbocycles. The minimum absolute atomic E-state index is 0.106. The number of benzene rings is 4.